The summed E-state index contributed by atoms with van der Waals surface area (Å²) < 4.78 is 0. The van der Waals surface area contributed by atoms with E-state index >= 15 is 0 Å². The minimum Gasteiger partial charge on any atom is -0.508 e. The Morgan fingerprint density at radius 2 is 0.613 bits per heavy atom. The second kappa shape index (κ2) is 94.9. The number of imidazole rings is 1. The second-order valence-electron chi connectivity index (χ2n) is 29.3. The van der Waals surface area contributed by atoms with Gasteiger partial charge in [0.1, 0.15) is 90.3 Å². The van der Waals surface area contributed by atoms with Crippen LogP contribution in [0.25, 0.3) is 0 Å². The van der Waals surface area contributed by atoms with Crippen LogP contribution in [0.5, 0.6) is 5.75 Å². The summed E-state index contributed by atoms with van der Waals surface area (Å²) in [5.74, 6) is -16.9. The van der Waals surface area contributed by atoms with Crippen molar-refractivity contribution >= 4 is 107 Å². The molecular formula is C80H154N22O35. The normalized spacial score (nSPS) is 13.0. The zero-order valence-corrected chi connectivity index (χ0v) is 78.2. The van der Waals surface area contributed by atoms with Crippen molar-refractivity contribution < 1.29 is 173 Å². The van der Waals surface area contributed by atoms with Gasteiger partial charge in [-0.3, -0.25) is 86.3 Å². The lowest BCUT2D eigenvalue weighted by Gasteiger charge is -2.11. The molecule has 1 heterocycles. The zero-order chi connectivity index (χ0) is 110. The first-order valence-electron chi connectivity index (χ1n) is 41.3. The standard InChI is InChI=1S/C9H11NO3.C9H11NO2.C6H9N3O2.3C6H14N2O2.2C6H13NO2.C5H9NO4.C5H11NO2.2C4H8N2O3.2C3H7NO2.C2H5NO2/c10-8(9(12)13)5-6-1-3-7(11)4-2-6;10-8(9(11)12)6-7-4-2-1-3-5-7;7-5(6(10)11)1-4-2-8-3-9-4;3*7-4-2-1-3-5(8)6(9)10;1-4(2)3-5(7)6(8)9;1-3-4(2)5(7)6(8)9;6-3(5(9)10)1-2-4(7)8;1-3(2)4(6)5(7)8;2*5-2(4(8)9)1-3(6)7;2*1-2(4)3(5)6;3-1-2(4)5/h1-4,8,11H,5,10H2,(H,12,13);1-5,8H,6,10H2,(H,11,12);2-3,5H,1,7H2,(H,8,9)(H,10,11);3*5H,1-4,7-8H2,(H,9,10);2*4-5H,3,7H2,1-2H3,(H,8,9);3H,1-2,6H2,(H,7,8)(H,9,10);3-4H,6H2,1-2H3,(H,7,8);2*2H,1,5H2,(H2,6,7)(H,8,9);2*2H,4H2,1H3,(H,5,6);1,3H2,(H,4,5)/t2*8-;5*5-;4-,5-;3-;4-;4*2-;/m00000000000000./s1. The predicted molar refractivity (Wildman–Crippen MR) is 498 cm³/mol. The van der Waals surface area contributed by atoms with Crippen molar-refractivity contribution in [3.8, 4) is 5.75 Å². The molecule has 58 N–H and O–H groups in total. The Morgan fingerprint density at radius 3 is 0.796 bits per heavy atom. The summed E-state index contributed by atoms with van der Waals surface area (Å²) in [6.45, 7) is 15.6. The molecule has 0 aliphatic heterocycles. The van der Waals surface area contributed by atoms with Gasteiger partial charge in [-0.25, -0.2) is 4.98 Å². The topological polar surface area (TPSA) is 1200 Å². The van der Waals surface area contributed by atoms with Crippen molar-refractivity contribution in [2.24, 2.45) is 132 Å². The molecule has 3 aromatic rings. The number of amides is 2. The third-order valence-corrected chi connectivity index (χ3v) is 15.5. The number of carbonyl (C=O) groups is 18. The summed E-state index contributed by atoms with van der Waals surface area (Å²) in [5.41, 5.74) is 104. The number of rotatable bonds is 45. The number of hydrogen-bond acceptors (Lipinski definition) is 38. The van der Waals surface area contributed by atoms with E-state index < -0.39 is 192 Å². The maximum absolute atomic E-state index is 10.4. The molecule has 137 heavy (non-hydrogen) atoms. The first-order valence-corrected chi connectivity index (χ1v) is 41.3. The molecule has 0 unspecified atom stereocenters. The van der Waals surface area contributed by atoms with E-state index in [1.54, 1.807) is 32.2 Å². The molecule has 57 nitrogen and oxygen atoms in total. The number of aromatic nitrogens is 2. The van der Waals surface area contributed by atoms with Crippen LogP contribution in [-0.2, 0) is 106 Å². The third kappa shape index (κ3) is 117. The van der Waals surface area contributed by atoms with Crippen LogP contribution in [0.1, 0.15) is 169 Å². The van der Waals surface area contributed by atoms with Crippen molar-refractivity contribution in [3.05, 3.63) is 83.9 Å². The molecule has 0 bridgehead atoms. The van der Waals surface area contributed by atoms with E-state index in [0.717, 1.165) is 61.8 Å². The summed E-state index contributed by atoms with van der Waals surface area (Å²) in [6.07, 6.45) is 11.0. The molecule has 15 atom stereocenters. The van der Waals surface area contributed by atoms with Gasteiger partial charge in [0.15, 0.2) is 0 Å². The number of carbonyl (C=O) groups excluding carboxylic acids is 2. The van der Waals surface area contributed by atoms with Crippen molar-refractivity contribution in [1.82, 2.24) is 9.97 Å². The SMILES string of the molecule is CC(C)C[C@H](N)C(=O)O.CC(C)[C@H](N)C(=O)O.CC[C@H](C)[C@H](N)C(=O)O.C[C@H](N)C(=O)O.C[C@H](N)C(=O)O.NC(=O)C[C@H](N)C(=O)O.NC(=O)C[C@H](N)C(=O)O.NCC(=O)O.NCCCC[C@H](N)C(=O)O.NCCCC[C@H](N)C(=O)O.NCCCC[C@H](N)C(=O)O.N[C@@H](CCC(=O)O)C(=O)O.N[C@@H](Cc1ccc(O)cc1)C(=O)O.N[C@@H](Cc1ccccc1)C(=O)O.N[C@@H](Cc1cnc[nH]1)C(=O)O. The van der Waals surface area contributed by atoms with Crippen LogP contribution in [-0.4, -0.2) is 315 Å². The number of aromatic amines is 1. The molecule has 1 aromatic heterocycles. The number of primary amides is 2. The molecule has 0 spiro atoms. The number of unbranched alkanes of at least 4 members (excludes halogenated alkanes) is 3. The van der Waals surface area contributed by atoms with Crippen molar-refractivity contribution in [1.29, 1.82) is 0 Å². The zero-order valence-electron chi connectivity index (χ0n) is 78.2. The van der Waals surface area contributed by atoms with E-state index in [0.29, 0.717) is 57.7 Å². The number of nitrogens with one attached hydrogen (secondary N) is 1. The Bertz CT molecular complexity index is 3660. The molecule has 0 saturated carbocycles. The fourth-order valence-electron chi connectivity index (χ4n) is 6.95. The summed E-state index contributed by atoms with van der Waals surface area (Å²) in [7, 11) is 0. The monoisotopic (exact) mass is 1980 g/mol. The highest BCUT2D eigenvalue weighted by Gasteiger charge is 2.21. The number of carboxylic acid groups (broad SMARTS) is 16. The van der Waals surface area contributed by atoms with Crippen LogP contribution in [0, 0.1) is 17.8 Å². The largest absolute Gasteiger partial charge is 0.508 e. The van der Waals surface area contributed by atoms with Gasteiger partial charge in [-0.1, -0.05) is 110 Å². The summed E-state index contributed by atoms with van der Waals surface area (Å²) in [4.78, 5) is 186. The minimum absolute atomic E-state index is 0.0208. The smallest absolute Gasteiger partial charge is 0.321 e. The van der Waals surface area contributed by atoms with Gasteiger partial charge in [0.05, 0.1) is 25.7 Å². The highest BCUT2D eigenvalue weighted by molar-refractivity contribution is 5.84. The van der Waals surface area contributed by atoms with E-state index in [9.17, 15) is 86.3 Å². The Balaban J connectivity index is -0.000000123. The van der Waals surface area contributed by atoms with E-state index in [-0.39, 0.29) is 62.7 Å². The van der Waals surface area contributed by atoms with Gasteiger partial charge in [-0.2, -0.15) is 0 Å². The number of aromatic hydroxyl groups is 1. The molecule has 57 heteroatoms. The lowest BCUT2D eigenvalue weighted by atomic mass is 10.0. The van der Waals surface area contributed by atoms with E-state index in [1.165, 1.54) is 32.3 Å². The van der Waals surface area contributed by atoms with Crippen molar-refractivity contribution in [2.45, 2.75) is 256 Å². The van der Waals surface area contributed by atoms with Crippen LogP contribution in [0.15, 0.2) is 67.1 Å². The number of phenolic OH excluding ortho intramolecular Hbond substituents is 1. The Labute approximate surface area is 791 Å². The van der Waals surface area contributed by atoms with Crippen LogP contribution < -0.4 is 115 Å². The second-order valence-corrected chi connectivity index (χ2v) is 29.3. The van der Waals surface area contributed by atoms with Gasteiger partial charge in [0.25, 0.3) is 0 Å². The highest BCUT2D eigenvalue weighted by atomic mass is 16.4. The Kier molecular flexibility index (Phi) is 104. The molecule has 0 aliphatic carbocycles. The summed E-state index contributed by atoms with van der Waals surface area (Å²) >= 11 is 0. The van der Waals surface area contributed by atoms with Crippen LogP contribution in [0.2, 0.25) is 0 Å². The van der Waals surface area contributed by atoms with Gasteiger partial charge in [0.2, 0.25) is 11.8 Å². The molecule has 0 fully saturated rings. The molecule has 2 amide bonds. The number of nitrogens with zero attached hydrogens (tertiary/aromatic N) is 1. The maximum Gasteiger partial charge on any atom is 0.321 e. The number of H-pyrrole nitrogens is 1. The van der Waals surface area contributed by atoms with Crippen molar-refractivity contribution in [3.63, 3.8) is 0 Å². The van der Waals surface area contributed by atoms with Gasteiger partial charge < -0.3 is 206 Å². The van der Waals surface area contributed by atoms with Gasteiger partial charge in [-0.05, 0) is 139 Å². The minimum atomic E-state index is -1.21. The number of nitrogens with two attached hydrogens (primary N) is 20. The number of aliphatic carboxylic acids is 16. The molecule has 794 valence electrons. The summed E-state index contributed by atoms with van der Waals surface area (Å²) in [6, 6.07) is 4.02. The molecule has 0 radical (unpaired) electrons. The number of hydrogen-bond donors (Lipinski definition) is 38. The molecule has 3 rings (SSSR count). The molecule has 0 aliphatic rings. The van der Waals surface area contributed by atoms with E-state index in [2.05, 4.69) is 27.2 Å². The van der Waals surface area contributed by atoms with Gasteiger partial charge >= 0.3 is 95.5 Å². The third-order valence-electron chi connectivity index (χ3n) is 15.5. The number of phenols is 1. The lowest BCUT2D eigenvalue weighted by Crippen LogP contribution is -2.36. The van der Waals surface area contributed by atoms with Crippen LogP contribution >= 0.6 is 0 Å². The van der Waals surface area contributed by atoms with Gasteiger partial charge in [-0.15, -0.1) is 0 Å². The molecular weight excluding hydrogens is 1830 g/mol. The fourth-order valence-corrected chi connectivity index (χ4v) is 6.95. The summed E-state index contributed by atoms with van der Waals surface area (Å²) in [5, 5.41) is 140. The average Bonchev–Trinajstić information content (AvgIpc) is 1.85. The van der Waals surface area contributed by atoms with Crippen LogP contribution in [0.3, 0.4) is 0 Å². The average molecular weight is 1980 g/mol. The Morgan fingerprint density at radius 1 is 0.336 bits per heavy atom. The predicted octanol–water partition coefficient (Wildman–Crippen LogP) is -6.45. The highest BCUT2D eigenvalue weighted by Crippen LogP contribution is 2.12. The fraction of sp³-hybridized carbons (Fsp3) is 0.588. The molecule has 0 saturated heterocycles. The van der Waals surface area contributed by atoms with E-state index in [4.69, 9.17) is 184 Å². The maximum atomic E-state index is 10.4. The lowest BCUT2D eigenvalue weighted by molar-refractivity contribution is -0.141. The van der Waals surface area contributed by atoms with Gasteiger partial charge in [0, 0.05) is 24.7 Å². The number of benzene rings is 2. The van der Waals surface area contributed by atoms with E-state index in [1.807, 2.05) is 58.0 Å². The Hall–Kier alpha value is -12.8. The first-order chi connectivity index (χ1) is 62.9. The van der Waals surface area contributed by atoms with Crippen LogP contribution in [0.4, 0.5) is 0 Å². The quantitative estimate of drug-likeness (QED) is 0.0234. The first kappa shape index (κ1) is 150. The number of carboxylic acids is 16. The van der Waals surface area contributed by atoms with Crippen molar-refractivity contribution in [2.75, 3.05) is 26.2 Å². The molecule has 2 aromatic carbocycles.